The molecule has 2 unspecified atom stereocenters. The van der Waals surface area contributed by atoms with Gasteiger partial charge in [0.05, 0.1) is 4.90 Å². The van der Waals surface area contributed by atoms with E-state index in [0.717, 1.165) is 37.8 Å². The normalized spacial score (nSPS) is 28.1. The molecule has 134 valence electrons. The van der Waals surface area contributed by atoms with Gasteiger partial charge in [-0.1, -0.05) is 25.4 Å². The van der Waals surface area contributed by atoms with Crippen LogP contribution in [0.2, 0.25) is 5.02 Å². The van der Waals surface area contributed by atoms with Crippen molar-refractivity contribution in [2.75, 3.05) is 26.2 Å². The van der Waals surface area contributed by atoms with E-state index < -0.39 is 10.0 Å². The minimum atomic E-state index is -3.40. The molecule has 2 heterocycles. The van der Waals surface area contributed by atoms with Crippen LogP contribution in [0.1, 0.15) is 33.1 Å². The molecule has 6 heteroatoms. The molecule has 0 radical (unpaired) electrons. The molecule has 0 spiro atoms. The average Bonchev–Trinajstić information content (AvgIpc) is 2.54. The molecule has 4 nitrogen and oxygen atoms in total. The van der Waals surface area contributed by atoms with Crippen molar-refractivity contribution in [3.63, 3.8) is 0 Å². The Morgan fingerprint density at radius 1 is 1.00 bits per heavy atom. The van der Waals surface area contributed by atoms with Crippen LogP contribution >= 0.6 is 11.6 Å². The van der Waals surface area contributed by atoms with Crippen molar-refractivity contribution in [3.05, 3.63) is 29.3 Å². The average molecular weight is 371 g/mol. The van der Waals surface area contributed by atoms with Gasteiger partial charge in [0.2, 0.25) is 10.0 Å². The summed E-state index contributed by atoms with van der Waals surface area (Å²) in [6.07, 6.45) is 3.15. The third-order valence-corrected chi connectivity index (χ3v) is 7.45. The number of nitrogens with zero attached hydrogens (tertiary/aromatic N) is 2. The zero-order chi connectivity index (χ0) is 17.3. The van der Waals surface area contributed by atoms with E-state index >= 15 is 0 Å². The third kappa shape index (κ3) is 3.96. The van der Waals surface area contributed by atoms with E-state index in [1.165, 1.54) is 6.42 Å². The molecule has 2 aliphatic rings. The first-order valence-electron chi connectivity index (χ1n) is 8.86. The molecular weight excluding hydrogens is 344 g/mol. The van der Waals surface area contributed by atoms with Crippen molar-refractivity contribution in [1.82, 2.24) is 9.21 Å². The Hall–Kier alpha value is -0.620. The summed E-state index contributed by atoms with van der Waals surface area (Å²) < 4.78 is 27.1. The summed E-state index contributed by atoms with van der Waals surface area (Å²) in [5.74, 6) is 1.48. The number of hydrogen-bond donors (Lipinski definition) is 0. The van der Waals surface area contributed by atoms with Crippen molar-refractivity contribution < 1.29 is 8.42 Å². The van der Waals surface area contributed by atoms with Crippen molar-refractivity contribution in [3.8, 4) is 0 Å². The number of rotatable bonds is 3. The number of sulfonamides is 1. The summed E-state index contributed by atoms with van der Waals surface area (Å²) >= 11 is 5.86. The molecule has 0 saturated carbocycles. The Balaban J connectivity index is 1.63. The highest BCUT2D eigenvalue weighted by molar-refractivity contribution is 7.89. The van der Waals surface area contributed by atoms with Gasteiger partial charge < -0.3 is 0 Å². The fourth-order valence-electron chi connectivity index (χ4n) is 4.21. The number of hydrogen-bond acceptors (Lipinski definition) is 3. The topological polar surface area (TPSA) is 40.6 Å². The van der Waals surface area contributed by atoms with Crippen molar-refractivity contribution in [2.45, 2.75) is 44.0 Å². The van der Waals surface area contributed by atoms with Crippen LogP contribution in [0.4, 0.5) is 0 Å². The number of halogens is 1. The predicted molar refractivity (Wildman–Crippen MR) is 97.8 cm³/mol. The lowest BCUT2D eigenvalue weighted by atomic mass is 9.89. The van der Waals surface area contributed by atoms with Gasteiger partial charge in [0.1, 0.15) is 0 Å². The largest absolute Gasteiger partial charge is 0.300 e. The van der Waals surface area contributed by atoms with Gasteiger partial charge in [0.15, 0.2) is 0 Å². The van der Waals surface area contributed by atoms with Crippen molar-refractivity contribution in [2.24, 2.45) is 11.8 Å². The molecule has 2 saturated heterocycles. The SMILES string of the molecule is CC1CC(C)CN(C2CCN(S(=O)(=O)c3ccc(Cl)cc3)CC2)C1. The lowest BCUT2D eigenvalue weighted by Gasteiger charge is -2.43. The quantitative estimate of drug-likeness (QED) is 0.817. The fraction of sp³-hybridized carbons (Fsp3) is 0.667. The zero-order valence-electron chi connectivity index (χ0n) is 14.5. The van der Waals surface area contributed by atoms with Crippen LogP contribution in [-0.4, -0.2) is 49.8 Å². The molecule has 3 rings (SSSR count). The maximum atomic E-state index is 12.8. The lowest BCUT2D eigenvalue weighted by Crippen LogP contribution is -2.50. The lowest BCUT2D eigenvalue weighted by molar-refractivity contribution is 0.0689. The molecule has 2 aliphatic heterocycles. The second-order valence-corrected chi connectivity index (χ2v) is 9.86. The van der Waals surface area contributed by atoms with Gasteiger partial charge in [-0.25, -0.2) is 8.42 Å². The molecule has 0 amide bonds. The Bertz CT molecular complexity index is 644. The van der Waals surface area contributed by atoms with Gasteiger partial charge in [-0.15, -0.1) is 0 Å². The zero-order valence-corrected chi connectivity index (χ0v) is 16.1. The highest BCUT2D eigenvalue weighted by atomic mass is 35.5. The molecule has 0 aliphatic carbocycles. The summed E-state index contributed by atoms with van der Waals surface area (Å²) in [6.45, 7) is 8.16. The highest BCUT2D eigenvalue weighted by Crippen LogP contribution is 2.28. The van der Waals surface area contributed by atoms with Crippen LogP contribution < -0.4 is 0 Å². The molecule has 2 fully saturated rings. The second-order valence-electron chi connectivity index (χ2n) is 7.49. The van der Waals surface area contributed by atoms with E-state index in [2.05, 4.69) is 18.7 Å². The Morgan fingerprint density at radius 2 is 1.54 bits per heavy atom. The van der Waals surface area contributed by atoms with E-state index in [9.17, 15) is 8.42 Å². The van der Waals surface area contributed by atoms with E-state index in [0.29, 0.717) is 29.0 Å². The fourth-order valence-corrected chi connectivity index (χ4v) is 5.81. The van der Waals surface area contributed by atoms with Gasteiger partial charge in [0.25, 0.3) is 0 Å². The van der Waals surface area contributed by atoms with E-state index in [1.54, 1.807) is 28.6 Å². The first-order chi connectivity index (χ1) is 11.4. The molecule has 1 aromatic carbocycles. The Labute approximate surface area is 150 Å². The summed E-state index contributed by atoms with van der Waals surface area (Å²) in [7, 11) is -3.40. The summed E-state index contributed by atoms with van der Waals surface area (Å²) in [6, 6.07) is 6.98. The van der Waals surface area contributed by atoms with E-state index in [1.807, 2.05) is 0 Å². The van der Waals surface area contributed by atoms with Crippen LogP contribution in [0, 0.1) is 11.8 Å². The van der Waals surface area contributed by atoms with E-state index in [4.69, 9.17) is 11.6 Å². The predicted octanol–water partition coefficient (Wildman–Crippen LogP) is 3.47. The first kappa shape index (κ1) is 18.2. The molecule has 2 atom stereocenters. The molecule has 1 aromatic rings. The summed E-state index contributed by atoms with van der Waals surface area (Å²) in [5.41, 5.74) is 0. The maximum absolute atomic E-state index is 12.8. The van der Waals surface area contributed by atoms with Crippen LogP contribution in [0.5, 0.6) is 0 Å². The van der Waals surface area contributed by atoms with Crippen LogP contribution in [0.25, 0.3) is 0 Å². The van der Waals surface area contributed by atoms with Crippen molar-refractivity contribution in [1.29, 1.82) is 0 Å². The van der Waals surface area contributed by atoms with Crippen LogP contribution in [0.3, 0.4) is 0 Å². The first-order valence-corrected chi connectivity index (χ1v) is 10.7. The monoisotopic (exact) mass is 370 g/mol. The molecule has 0 bridgehead atoms. The number of piperidine rings is 2. The summed E-state index contributed by atoms with van der Waals surface area (Å²) in [5, 5.41) is 0.556. The van der Waals surface area contributed by atoms with Gasteiger partial charge >= 0.3 is 0 Å². The minimum absolute atomic E-state index is 0.338. The van der Waals surface area contributed by atoms with Gasteiger partial charge in [0, 0.05) is 37.2 Å². The number of likely N-dealkylation sites (tertiary alicyclic amines) is 1. The van der Waals surface area contributed by atoms with Crippen LogP contribution in [-0.2, 0) is 10.0 Å². The maximum Gasteiger partial charge on any atom is 0.243 e. The standard InChI is InChI=1S/C18H27ClN2O2S/c1-14-11-15(2)13-20(12-14)17-7-9-21(10-8-17)24(22,23)18-5-3-16(19)4-6-18/h3-6,14-15,17H,7-13H2,1-2H3. The molecule has 0 aromatic heterocycles. The number of benzene rings is 1. The van der Waals surface area contributed by atoms with Crippen LogP contribution in [0.15, 0.2) is 29.2 Å². The van der Waals surface area contributed by atoms with Gasteiger partial charge in [-0.05, 0) is 55.4 Å². The molecule has 0 N–H and O–H groups in total. The Morgan fingerprint density at radius 3 is 2.08 bits per heavy atom. The van der Waals surface area contributed by atoms with Crippen molar-refractivity contribution >= 4 is 21.6 Å². The Kier molecular flexibility index (Phi) is 5.55. The molecule has 24 heavy (non-hydrogen) atoms. The molecular formula is C18H27ClN2O2S. The smallest absolute Gasteiger partial charge is 0.243 e. The van der Waals surface area contributed by atoms with E-state index in [-0.39, 0.29) is 0 Å². The highest BCUT2D eigenvalue weighted by Gasteiger charge is 2.33. The van der Waals surface area contributed by atoms with Gasteiger partial charge in [-0.2, -0.15) is 4.31 Å². The summed E-state index contributed by atoms with van der Waals surface area (Å²) in [4.78, 5) is 2.93. The minimum Gasteiger partial charge on any atom is -0.300 e. The second kappa shape index (κ2) is 7.32. The third-order valence-electron chi connectivity index (χ3n) is 5.29. The van der Waals surface area contributed by atoms with Gasteiger partial charge in [-0.3, -0.25) is 4.90 Å².